The quantitative estimate of drug-likeness (QED) is 0.675. The maximum absolute atomic E-state index is 11.5. The predicted molar refractivity (Wildman–Crippen MR) is 67.3 cm³/mol. The van der Waals surface area contributed by atoms with Crippen molar-refractivity contribution in [2.75, 3.05) is 5.48 Å². The van der Waals surface area contributed by atoms with Gasteiger partial charge in [-0.3, -0.25) is 10.1 Å². The highest BCUT2D eigenvalue weighted by Crippen LogP contribution is 2.27. The summed E-state index contributed by atoms with van der Waals surface area (Å²) in [6.07, 6.45) is 0. The predicted octanol–water partition coefficient (Wildman–Crippen LogP) is 3.16. The summed E-state index contributed by atoms with van der Waals surface area (Å²) >= 11 is 5.65. The molecule has 0 fully saturated rings. The fourth-order valence-corrected chi connectivity index (χ4v) is 1.16. The van der Waals surface area contributed by atoms with Crippen molar-refractivity contribution in [3.8, 4) is 0 Å². The van der Waals surface area contributed by atoms with E-state index >= 15 is 0 Å². The molecule has 0 aliphatic carbocycles. The lowest BCUT2D eigenvalue weighted by molar-refractivity contribution is -0.384. The Morgan fingerprint density at radius 1 is 1.44 bits per heavy atom. The fraction of sp³-hybridized carbons (Fsp3) is 0.364. The minimum Gasteiger partial charge on any atom is -0.343 e. The molecule has 0 atom stereocenters. The van der Waals surface area contributed by atoms with Crippen LogP contribution in [0.15, 0.2) is 18.2 Å². The zero-order chi connectivity index (χ0) is 13.9. The average Bonchev–Trinajstić information content (AvgIpc) is 2.25. The number of hydrogen-bond acceptors (Lipinski definition) is 5. The first-order valence-corrected chi connectivity index (χ1v) is 5.51. The molecule has 0 heterocycles. The number of carbonyl (C=O) groups excluding carboxylic acids is 1. The molecule has 0 aliphatic heterocycles. The molecule has 98 valence electrons. The molecule has 0 aromatic heterocycles. The number of nitro benzene ring substituents is 1. The Labute approximate surface area is 109 Å². The summed E-state index contributed by atoms with van der Waals surface area (Å²) < 4.78 is 0. The van der Waals surface area contributed by atoms with Gasteiger partial charge in [0, 0.05) is 6.07 Å². The van der Waals surface area contributed by atoms with Gasteiger partial charge in [-0.15, -0.1) is 0 Å². The molecular weight excluding hydrogens is 260 g/mol. The third kappa shape index (κ3) is 3.59. The van der Waals surface area contributed by atoms with Crippen LogP contribution in [0.1, 0.15) is 20.8 Å². The summed E-state index contributed by atoms with van der Waals surface area (Å²) in [5.74, 6) is -0.472. The van der Waals surface area contributed by atoms with E-state index in [4.69, 9.17) is 16.4 Å². The molecule has 6 nitrogen and oxygen atoms in total. The maximum atomic E-state index is 11.5. The lowest BCUT2D eigenvalue weighted by Gasteiger charge is -2.16. The van der Waals surface area contributed by atoms with Crippen molar-refractivity contribution in [1.82, 2.24) is 0 Å². The average molecular weight is 273 g/mol. The largest absolute Gasteiger partial charge is 0.343 e. The van der Waals surface area contributed by atoms with Crippen LogP contribution in [0.2, 0.25) is 5.02 Å². The second-order valence-corrected chi connectivity index (χ2v) is 5.07. The van der Waals surface area contributed by atoms with Gasteiger partial charge in [0.15, 0.2) is 0 Å². The highest BCUT2D eigenvalue weighted by Gasteiger charge is 2.24. The van der Waals surface area contributed by atoms with Crippen LogP contribution in [-0.4, -0.2) is 10.9 Å². The molecule has 0 radical (unpaired) electrons. The first kappa shape index (κ1) is 14.2. The molecule has 0 amide bonds. The van der Waals surface area contributed by atoms with E-state index in [9.17, 15) is 14.9 Å². The maximum Gasteiger partial charge on any atom is 0.337 e. The minimum absolute atomic E-state index is 0.0210. The molecule has 7 heteroatoms. The van der Waals surface area contributed by atoms with Gasteiger partial charge >= 0.3 is 5.97 Å². The van der Waals surface area contributed by atoms with E-state index in [1.54, 1.807) is 20.8 Å². The molecule has 18 heavy (non-hydrogen) atoms. The van der Waals surface area contributed by atoms with Gasteiger partial charge in [0.25, 0.3) is 5.69 Å². The molecule has 1 rings (SSSR count). The van der Waals surface area contributed by atoms with Crippen LogP contribution >= 0.6 is 11.6 Å². The van der Waals surface area contributed by atoms with Crippen LogP contribution < -0.4 is 5.48 Å². The molecule has 0 bridgehead atoms. The lowest BCUT2D eigenvalue weighted by atomic mass is 9.98. The van der Waals surface area contributed by atoms with E-state index in [0.29, 0.717) is 0 Å². The van der Waals surface area contributed by atoms with Crippen LogP contribution in [0.5, 0.6) is 0 Å². The van der Waals surface area contributed by atoms with Crippen molar-refractivity contribution in [3.63, 3.8) is 0 Å². The van der Waals surface area contributed by atoms with Crippen LogP contribution in [-0.2, 0) is 9.63 Å². The van der Waals surface area contributed by atoms with Gasteiger partial charge in [-0.2, -0.15) is 0 Å². The fourth-order valence-electron chi connectivity index (χ4n) is 0.974. The Bertz CT molecular complexity index is 482. The number of rotatable bonds is 3. The van der Waals surface area contributed by atoms with E-state index in [-0.39, 0.29) is 16.4 Å². The summed E-state index contributed by atoms with van der Waals surface area (Å²) in [5.41, 5.74) is 1.72. The van der Waals surface area contributed by atoms with E-state index in [0.717, 1.165) is 0 Å². The van der Waals surface area contributed by atoms with Crippen LogP contribution in [0.4, 0.5) is 11.4 Å². The number of benzene rings is 1. The molecule has 0 aliphatic rings. The molecular formula is C11H13ClN2O4. The molecule has 1 aromatic carbocycles. The first-order valence-electron chi connectivity index (χ1n) is 5.13. The molecule has 0 saturated heterocycles. The number of halogens is 1. The van der Waals surface area contributed by atoms with Crippen molar-refractivity contribution < 1.29 is 14.6 Å². The highest BCUT2D eigenvalue weighted by molar-refractivity contribution is 6.32. The van der Waals surface area contributed by atoms with E-state index in [2.05, 4.69) is 5.48 Å². The number of nitrogens with zero attached hydrogens (tertiary/aromatic N) is 1. The Morgan fingerprint density at radius 3 is 2.56 bits per heavy atom. The Hall–Kier alpha value is -1.82. The molecule has 1 N–H and O–H groups in total. The topological polar surface area (TPSA) is 81.5 Å². The lowest BCUT2D eigenvalue weighted by Crippen LogP contribution is -2.25. The number of anilines is 1. The molecule has 0 spiro atoms. The monoisotopic (exact) mass is 272 g/mol. The molecule has 0 unspecified atom stereocenters. The van der Waals surface area contributed by atoms with Crippen molar-refractivity contribution in [3.05, 3.63) is 33.3 Å². The zero-order valence-corrected chi connectivity index (χ0v) is 10.9. The van der Waals surface area contributed by atoms with Gasteiger partial charge < -0.3 is 4.84 Å². The third-order valence-electron chi connectivity index (χ3n) is 2.02. The van der Waals surface area contributed by atoms with Crippen molar-refractivity contribution in [2.45, 2.75) is 20.8 Å². The minimum atomic E-state index is -0.661. The molecule has 1 aromatic rings. The summed E-state index contributed by atoms with van der Waals surface area (Å²) in [4.78, 5) is 26.3. The zero-order valence-electron chi connectivity index (χ0n) is 10.2. The van der Waals surface area contributed by atoms with E-state index < -0.39 is 16.3 Å². The summed E-state index contributed by atoms with van der Waals surface area (Å²) in [6.45, 7) is 5.09. The van der Waals surface area contributed by atoms with Gasteiger partial charge in [-0.05, 0) is 32.9 Å². The SMILES string of the molecule is CC(C)(C)C(=O)ONc1ccc(Cl)c([N+](=O)[O-])c1. The Balaban J connectivity index is 2.78. The third-order valence-corrected chi connectivity index (χ3v) is 2.34. The van der Waals surface area contributed by atoms with E-state index in [1.165, 1.54) is 18.2 Å². The van der Waals surface area contributed by atoms with Crippen LogP contribution in [0.3, 0.4) is 0 Å². The first-order chi connectivity index (χ1) is 8.21. The summed E-state index contributed by atoms with van der Waals surface area (Å²) in [5, 5.41) is 10.7. The summed E-state index contributed by atoms with van der Waals surface area (Å²) in [6, 6.07) is 4.02. The normalized spacial score (nSPS) is 10.9. The number of nitro groups is 1. The van der Waals surface area contributed by atoms with Gasteiger partial charge in [0.2, 0.25) is 0 Å². The second kappa shape index (κ2) is 5.22. The van der Waals surface area contributed by atoms with Gasteiger partial charge in [-0.25, -0.2) is 10.3 Å². The standard InChI is InChI=1S/C11H13ClN2O4/c1-11(2,3)10(15)18-13-7-4-5-8(12)9(6-7)14(16)17/h4-6,13H,1-3H3. The Morgan fingerprint density at radius 2 is 2.06 bits per heavy atom. The number of hydrogen-bond donors (Lipinski definition) is 1. The van der Waals surface area contributed by atoms with E-state index in [1.807, 2.05) is 0 Å². The summed E-state index contributed by atoms with van der Waals surface area (Å²) in [7, 11) is 0. The molecule has 0 saturated carbocycles. The Kier molecular flexibility index (Phi) is 4.13. The van der Waals surface area contributed by atoms with Crippen molar-refractivity contribution in [2.24, 2.45) is 5.41 Å². The smallest absolute Gasteiger partial charge is 0.337 e. The van der Waals surface area contributed by atoms with Gasteiger partial charge in [-0.1, -0.05) is 11.6 Å². The second-order valence-electron chi connectivity index (χ2n) is 4.66. The number of carbonyl (C=O) groups is 1. The highest BCUT2D eigenvalue weighted by atomic mass is 35.5. The van der Waals surface area contributed by atoms with Crippen LogP contribution in [0, 0.1) is 15.5 Å². The van der Waals surface area contributed by atoms with Gasteiger partial charge in [0.05, 0.1) is 16.0 Å². The van der Waals surface area contributed by atoms with Gasteiger partial charge in [0.1, 0.15) is 5.02 Å². The number of nitrogens with one attached hydrogen (secondary N) is 1. The van der Waals surface area contributed by atoms with Crippen LogP contribution in [0.25, 0.3) is 0 Å². The van der Waals surface area contributed by atoms with Crippen molar-refractivity contribution in [1.29, 1.82) is 0 Å². The van der Waals surface area contributed by atoms with Crippen molar-refractivity contribution >= 4 is 28.9 Å².